The third kappa shape index (κ3) is 7.40. The van der Waals surface area contributed by atoms with Gasteiger partial charge in [-0.2, -0.15) is 0 Å². The van der Waals surface area contributed by atoms with Crippen LogP contribution in [0.5, 0.6) is 0 Å². The maximum absolute atomic E-state index is 9.72. The molecule has 11 rings (SSSR count). The first-order chi connectivity index (χ1) is 33.0. The van der Waals surface area contributed by atoms with E-state index in [1.807, 2.05) is 0 Å². The third-order valence-electron chi connectivity index (χ3n) is 15.3. The Labute approximate surface area is 414 Å². The SMILES string of the molecule is CCCc1ccc2c(c1-c1cc(C)cc(C)c1)C=C(c1ccccc1)[CH]2[Zr]([Cl])([Cl])([c]1cccc2c1[SiH2]c1ccccc1-2)[CH]1C(c2ccccc2)=Cc2c1ccc(CCC)c2-c1cc(C)cc(C)c1. The number of halogens is 2. The molecule has 1 heterocycles. The van der Waals surface area contributed by atoms with Crippen LogP contribution in [0, 0.1) is 27.7 Å². The van der Waals surface area contributed by atoms with Crippen LogP contribution >= 0.6 is 17.0 Å². The molecule has 2 aliphatic carbocycles. The Kier molecular flexibility index (Phi) is 11.8. The van der Waals surface area contributed by atoms with E-state index in [0.29, 0.717) is 0 Å². The molecule has 8 aromatic rings. The monoisotopic (exact) mass is 1020 g/mol. The standard InChI is InChI=1S/2C26H25.C12H9Si.2ClH.Zr/c2*1-4-8-21-11-12-22-16-23(20-9-6-5-7-10-20)17-25(22)26(21)24-14-18(2)13-19(3)15-24;1-3-7-11-9(5-1)10-6-2-4-8-12(10)13-11;;;/h2*5-7,9-17H,4,8H2,1-3H3;1-7H,13H2;2*1H;/q;;;;;+2/p-2. The van der Waals surface area contributed by atoms with Gasteiger partial charge in [-0.25, -0.2) is 0 Å². The van der Waals surface area contributed by atoms with Crippen LogP contribution in [0.4, 0.5) is 0 Å². The van der Waals surface area contributed by atoms with Crippen molar-refractivity contribution in [3.63, 3.8) is 0 Å². The Morgan fingerprint density at radius 2 is 0.897 bits per heavy atom. The molecule has 0 bridgehead atoms. The summed E-state index contributed by atoms with van der Waals surface area (Å²) in [7, 11) is 18.5. The van der Waals surface area contributed by atoms with Crippen molar-refractivity contribution in [1.29, 1.82) is 0 Å². The second kappa shape index (κ2) is 17.7. The van der Waals surface area contributed by atoms with Gasteiger partial charge >= 0.3 is 418 Å². The number of hydrogen-bond acceptors (Lipinski definition) is 0. The van der Waals surface area contributed by atoms with Crippen LogP contribution in [0.3, 0.4) is 0 Å². The molecule has 0 fully saturated rings. The first-order valence-corrected chi connectivity index (χ1v) is 36.6. The van der Waals surface area contributed by atoms with Crippen LogP contribution in [-0.2, 0) is 29.2 Å². The fourth-order valence-corrected chi connectivity index (χ4v) is 39.9. The molecule has 337 valence electrons. The van der Waals surface area contributed by atoms with Crippen LogP contribution in [0.2, 0.25) is 0 Å². The van der Waals surface area contributed by atoms with E-state index in [9.17, 15) is 17.0 Å². The molecule has 2 unspecified atom stereocenters. The van der Waals surface area contributed by atoms with Gasteiger partial charge in [-0.1, -0.05) is 0 Å². The van der Waals surface area contributed by atoms with Gasteiger partial charge in [0.2, 0.25) is 0 Å². The summed E-state index contributed by atoms with van der Waals surface area (Å²) in [6.45, 7) is 13.5. The van der Waals surface area contributed by atoms with E-state index in [-0.39, 0.29) is 7.25 Å². The minimum absolute atomic E-state index is 0.273. The van der Waals surface area contributed by atoms with Gasteiger partial charge in [0.1, 0.15) is 0 Å². The van der Waals surface area contributed by atoms with Gasteiger partial charge in [0.05, 0.1) is 0 Å². The second-order valence-corrected chi connectivity index (χ2v) is 42.5. The molecule has 1 aliphatic heterocycles. The number of aryl methyl sites for hydroxylation is 6. The zero-order valence-corrected chi connectivity index (χ0v) is 45.6. The van der Waals surface area contributed by atoms with Crippen molar-refractivity contribution in [1.82, 2.24) is 0 Å². The Morgan fingerprint density at radius 1 is 0.456 bits per heavy atom. The summed E-state index contributed by atoms with van der Waals surface area (Å²) in [5, 5.41) is 2.90. The molecular weight excluding hydrogens is 959 g/mol. The summed E-state index contributed by atoms with van der Waals surface area (Å²) < 4.78 is 0.695. The Morgan fingerprint density at radius 3 is 1.37 bits per heavy atom. The Bertz CT molecular complexity index is 3160. The molecule has 2 atom stereocenters. The van der Waals surface area contributed by atoms with Crippen molar-refractivity contribution >= 4 is 63.5 Å². The van der Waals surface area contributed by atoms with Gasteiger partial charge in [-0.05, 0) is 0 Å². The average Bonchev–Trinajstić information content (AvgIpc) is 4.05. The topological polar surface area (TPSA) is 0 Å². The molecule has 0 saturated heterocycles. The summed E-state index contributed by atoms with van der Waals surface area (Å²) >= 11 is -6.03. The van der Waals surface area contributed by atoms with Gasteiger partial charge in [-0.15, -0.1) is 0 Å². The van der Waals surface area contributed by atoms with E-state index in [0.717, 1.165) is 25.7 Å². The summed E-state index contributed by atoms with van der Waals surface area (Å²) in [6.07, 6.45) is 9.14. The second-order valence-electron chi connectivity index (χ2n) is 20.1. The molecule has 0 aromatic heterocycles. The van der Waals surface area contributed by atoms with E-state index < -0.39 is 25.9 Å². The van der Waals surface area contributed by atoms with Crippen molar-refractivity contribution in [2.45, 2.75) is 74.5 Å². The summed E-state index contributed by atoms with van der Waals surface area (Å²) in [4.78, 5) is 0. The predicted octanol–water partition coefficient (Wildman–Crippen LogP) is 15.5. The Hall–Kier alpha value is -5.08. The van der Waals surface area contributed by atoms with Crippen molar-refractivity contribution in [2.75, 3.05) is 0 Å². The first-order valence-electron chi connectivity index (χ1n) is 24.8. The predicted molar refractivity (Wildman–Crippen MR) is 296 cm³/mol. The van der Waals surface area contributed by atoms with Crippen LogP contribution in [0.1, 0.15) is 101 Å². The first kappa shape index (κ1) is 45.4. The van der Waals surface area contributed by atoms with Gasteiger partial charge in [0, 0.05) is 0 Å². The van der Waals surface area contributed by atoms with Gasteiger partial charge in [0.25, 0.3) is 0 Å². The van der Waals surface area contributed by atoms with E-state index in [1.165, 1.54) is 125 Å². The average molecular weight is 1020 g/mol. The molecule has 0 radical (unpaired) electrons. The van der Waals surface area contributed by atoms with Crippen molar-refractivity contribution in [2.24, 2.45) is 0 Å². The van der Waals surface area contributed by atoms with Crippen molar-refractivity contribution < 1.29 is 16.4 Å². The zero-order chi connectivity index (χ0) is 46.9. The molecular formula is C64H59Cl2SiZr. The normalized spacial score (nSPS) is 16.7. The third-order valence-corrected chi connectivity index (χ3v) is 37.8. The molecule has 8 aromatic carbocycles. The fourth-order valence-electron chi connectivity index (χ4n) is 12.8. The molecule has 0 spiro atoms. The number of fused-ring (bicyclic) bond motifs is 5. The van der Waals surface area contributed by atoms with E-state index in [1.54, 1.807) is 0 Å². The number of hydrogen-bond donors (Lipinski definition) is 0. The molecule has 0 saturated carbocycles. The molecule has 68 heavy (non-hydrogen) atoms. The van der Waals surface area contributed by atoms with Crippen LogP contribution < -0.4 is 13.6 Å². The minimum atomic E-state index is -6.03. The number of benzene rings is 8. The quantitative estimate of drug-likeness (QED) is 0.113. The van der Waals surface area contributed by atoms with Crippen molar-refractivity contribution in [3.8, 4) is 33.4 Å². The van der Waals surface area contributed by atoms with Crippen molar-refractivity contribution in [3.05, 3.63) is 231 Å². The summed E-state index contributed by atoms with van der Waals surface area (Å²) in [6, 6.07) is 62.2. The van der Waals surface area contributed by atoms with Crippen LogP contribution in [0.25, 0.3) is 56.7 Å². The van der Waals surface area contributed by atoms with E-state index >= 15 is 0 Å². The van der Waals surface area contributed by atoms with Gasteiger partial charge < -0.3 is 0 Å². The van der Waals surface area contributed by atoms with E-state index in [4.69, 9.17) is 0 Å². The van der Waals surface area contributed by atoms with E-state index in [2.05, 4.69) is 217 Å². The van der Waals surface area contributed by atoms with Crippen LogP contribution in [-0.4, -0.2) is 9.52 Å². The summed E-state index contributed by atoms with van der Waals surface area (Å²) in [5.74, 6) is 0. The fraction of sp³-hybridized carbons (Fsp3) is 0.188. The molecule has 0 N–H and O–H groups in total. The molecule has 3 aliphatic rings. The molecule has 4 heteroatoms. The zero-order valence-electron chi connectivity index (χ0n) is 40.2. The van der Waals surface area contributed by atoms with Crippen LogP contribution in [0.15, 0.2) is 164 Å². The number of rotatable bonds is 11. The molecule has 0 nitrogen and oxygen atoms in total. The van der Waals surface area contributed by atoms with Gasteiger partial charge in [0.15, 0.2) is 0 Å². The number of allylic oxidation sites excluding steroid dienone is 2. The maximum atomic E-state index is 9.72. The van der Waals surface area contributed by atoms with Gasteiger partial charge in [-0.3, -0.25) is 0 Å². The molecule has 0 amide bonds. The Balaban J connectivity index is 1.30. The summed E-state index contributed by atoms with van der Waals surface area (Å²) in [5.41, 5.74) is 25.6.